The smallest absolute Gasteiger partial charge is 0.187 e. The lowest BCUT2D eigenvalue weighted by molar-refractivity contribution is -0.0806. The Labute approximate surface area is 102 Å². The fraction of sp³-hybridized carbons (Fsp3) is 0.500. The zero-order valence-corrected chi connectivity index (χ0v) is 10.3. The Morgan fingerprint density at radius 3 is 2.24 bits per heavy atom. The monoisotopic (exact) mass is 230 g/mol. The molecule has 90 valence electrons. The maximum atomic E-state index is 10.9. The van der Waals surface area contributed by atoms with Crippen molar-refractivity contribution in [1.29, 1.82) is 0 Å². The molecule has 1 fully saturated rings. The van der Waals surface area contributed by atoms with Crippen molar-refractivity contribution in [2.75, 3.05) is 13.1 Å². The Hall–Kier alpha value is -1.37. The zero-order valence-electron chi connectivity index (χ0n) is 10.3. The Morgan fingerprint density at radius 2 is 1.76 bits per heavy atom. The third-order valence-electron chi connectivity index (χ3n) is 3.86. The summed E-state index contributed by atoms with van der Waals surface area (Å²) >= 11 is 0. The minimum Gasteiger partial charge on any atom is -0.385 e. The van der Waals surface area contributed by atoms with Crippen LogP contribution in [0.2, 0.25) is 0 Å². The molecule has 1 aliphatic heterocycles. The molecule has 17 heavy (non-hydrogen) atoms. The molecule has 0 saturated carbocycles. The molecule has 1 aromatic carbocycles. The summed E-state index contributed by atoms with van der Waals surface area (Å²) in [7, 11) is 0. The lowest BCUT2D eigenvalue weighted by Gasteiger charge is -2.44. The highest BCUT2D eigenvalue weighted by atomic mass is 16.3. The van der Waals surface area contributed by atoms with Crippen molar-refractivity contribution in [2.45, 2.75) is 19.4 Å². The summed E-state index contributed by atoms with van der Waals surface area (Å²) in [4.78, 5) is 3.37. The molecule has 0 aromatic heterocycles. The van der Waals surface area contributed by atoms with Crippen LogP contribution in [0.15, 0.2) is 24.3 Å². The van der Waals surface area contributed by atoms with Crippen molar-refractivity contribution in [3.8, 4) is 0 Å². The van der Waals surface area contributed by atoms with Gasteiger partial charge < -0.3 is 10.4 Å². The maximum Gasteiger partial charge on any atom is 0.187 e. The summed E-state index contributed by atoms with van der Waals surface area (Å²) in [6.45, 7) is 12.7. The lowest BCUT2D eigenvalue weighted by Crippen LogP contribution is -2.52. The molecule has 0 aliphatic carbocycles. The van der Waals surface area contributed by atoms with E-state index in [0.717, 1.165) is 18.7 Å². The number of hydrogen-bond acceptors (Lipinski definition) is 2. The quantitative estimate of drug-likeness (QED) is 0.726. The maximum absolute atomic E-state index is 10.9. The molecule has 1 unspecified atom stereocenters. The molecular formula is C14H18N2O. The van der Waals surface area contributed by atoms with Crippen LogP contribution in [0.4, 0.5) is 5.69 Å². The lowest BCUT2D eigenvalue weighted by atomic mass is 9.71. The minimum absolute atomic E-state index is 0.171. The number of benzene rings is 1. The van der Waals surface area contributed by atoms with E-state index in [-0.39, 0.29) is 11.8 Å². The van der Waals surface area contributed by atoms with E-state index in [4.69, 9.17) is 6.57 Å². The third-order valence-corrected chi connectivity index (χ3v) is 3.86. The molecule has 2 N–H and O–H groups in total. The standard InChI is InChI=1S/C14H18N2O/c1-10-8-16-9-11(2)14(10,17)12-4-6-13(15-3)7-5-12/h4-7,10-11,16-17H,8-9H2,1-2H3/t10-,11+,14?. The van der Waals surface area contributed by atoms with Crippen LogP contribution in [0.1, 0.15) is 19.4 Å². The van der Waals surface area contributed by atoms with Gasteiger partial charge in [-0.3, -0.25) is 0 Å². The first-order valence-electron chi connectivity index (χ1n) is 6.00. The van der Waals surface area contributed by atoms with Crippen LogP contribution in [0.25, 0.3) is 4.85 Å². The van der Waals surface area contributed by atoms with Crippen LogP contribution in [0, 0.1) is 18.4 Å². The van der Waals surface area contributed by atoms with Crippen molar-refractivity contribution in [1.82, 2.24) is 5.32 Å². The number of rotatable bonds is 1. The number of nitrogens with zero attached hydrogens (tertiary/aromatic N) is 1. The van der Waals surface area contributed by atoms with Crippen molar-refractivity contribution in [2.24, 2.45) is 11.8 Å². The first-order chi connectivity index (χ1) is 8.09. The highest BCUT2D eigenvalue weighted by Crippen LogP contribution is 2.39. The van der Waals surface area contributed by atoms with E-state index in [0.29, 0.717) is 5.69 Å². The van der Waals surface area contributed by atoms with Gasteiger partial charge in [-0.05, 0) is 5.56 Å². The molecule has 1 aliphatic rings. The molecule has 3 heteroatoms. The van der Waals surface area contributed by atoms with Gasteiger partial charge in [0.25, 0.3) is 0 Å². The number of hydrogen-bond donors (Lipinski definition) is 2. The SMILES string of the molecule is [C-]#[N+]c1ccc(C2(O)[C@H](C)CNC[C@@H]2C)cc1. The molecule has 1 aromatic rings. The zero-order chi connectivity index (χ0) is 12.5. The van der Waals surface area contributed by atoms with Crippen LogP contribution in [-0.2, 0) is 5.60 Å². The van der Waals surface area contributed by atoms with Gasteiger partial charge in [-0.25, -0.2) is 4.85 Å². The van der Waals surface area contributed by atoms with Crippen molar-refractivity contribution >= 4 is 5.69 Å². The van der Waals surface area contributed by atoms with E-state index in [2.05, 4.69) is 24.0 Å². The van der Waals surface area contributed by atoms with E-state index in [1.807, 2.05) is 12.1 Å². The molecule has 1 heterocycles. The Balaban J connectivity index is 2.38. The predicted octanol–water partition coefficient (Wildman–Crippen LogP) is 2.30. The Kier molecular flexibility index (Phi) is 3.19. The van der Waals surface area contributed by atoms with Gasteiger partial charge in [0.05, 0.1) is 12.2 Å². The van der Waals surface area contributed by atoms with E-state index < -0.39 is 5.60 Å². The summed E-state index contributed by atoms with van der Waals surface area (Å²) in [5, 5.41) is 14.2. The highest BCUT2D eigenvalue weighted by molar-refractivity contribution is 5.46. The molecule has 0 amide bonds. The average Bonchev–Trinajstić information content (AvgIpc) is 2.36. The van der Waals surface area contributed by atoms with Crippen molar-refractivity contribution < 1.29 is 5.11 Å². The number of piperidine rings is 1. The topological polar surface area (TPSA) is 36.6 Å². The molecule has 0 radical (unpaired) electrons. The molecule has 0 bridgehead atoms. The summed E-state index contributed by atoms with van der Waals surface area (Å²) in [5.74, 6) is 0.343. The van der Waals surface area contributed by atoms with Crippen LogP contribution >= 0.6 is 0 Å². The van der Waals surface area contributed by atoms with Crippen molar-refractivity contribution in [3.63, 3.8) is 0 Å². The first kappa shape index (κ1) is 12.1. The summed E-state index contributed by atoms with van der Waals surface area (Å²) in [5.41, 5.74) is 0.754. The number of aliphatic hydroxyl groups is 1. The molecule has 1 saturated heterocycles. The second kappa shape index (κ2) is 4.48. The van der Waals surface area contributed by atoms with Gasteiger partial charge in [0, 0.05) is 24.9 Å². The van der Waals surface area contributed by atoms with Gasteiger partial charge >= 0.3 is 0 Å². The molecule has 3 nitrogen and oxygen atoms in total. The minimum atomic E-state index is -0.786. The molecule has 3 atom stereocenters. The van der Waals surface area contributed by atoms with E-state index in [1.165, 1.54) is 0 Å². The second-order valence-electron chi connectivity index (χ2n) is 4.94. The van der Waals surface area contributed by atoms with Gasteiger partial charge in [-0.15, -0.1) is 0 Å². The van der Waals surface area contributed by atoms with Gasteiger partial charge in [0.15, 0.2) is 5.69 Å². The van der Waals surface area contributed by atoms with Crippen LogP contribution < -0.4 is 5.32 Å². The third kappa shape index (κ3) is 1.95. The average molecular weight is 230 g/mol. The van der Waals surface area contributed by atoms with E-state index in [1.54, 1.807) is 12.1 Å². The van der Waals surface area contributed by atoms with Gasteiger partial charge in [0.1, 0.15) is 0 Å². The number of nitrogens with one attached hydrogen (secondary N) is 1. The van der Waals surface area contributed by atoms with Crippen molar-refractivity contribution in [3.05, 3.63) is 41.2 Å². The van der Waals surface area contributed by atoms with Gasteiger partial charge in [0.2, 0.25) is 0 Å². The normalized spacial score (nSPS) is 33.1. The molecule has 2 rings (SSSR count). The Morgan fingerprint density at radius 1 is 1.24 bits per heavy atom. The summed E-state index contributed by atoms with van der Waals surface area (Å²) in [6, 6.07) is 7.32. The largest absolute Gasteiger partial charge is 0.385 e. The van der Waals surface area contributed by atoms with Gasteiger partial charge in [-0.2, -0.15) is 0 Å². The van der Waals surface area contributed by atoms with Crippen LogP contribution in [0.3, 0.4) is 0 Å². The Bertz CT molecular complexity index is 423. The van der Waals surface area contributed by atoms with Crippen LogP contribution in [0.5, 0.6) is 0 Å². The van der Waals surface area contributed by atoms with E-state index in [9.17, 15) is 5.11 Å². The van der Waals surface area contributed by atoms with Crippen LogP contribution in [-0.4, -0.2) is 18.2 Å². The molecule has 0 spiro atoms. The second-order valence-corrected chi connectivity index (χ2v) is 4.94. The van der Waals surface area contributed by atoms with E-state index >= 15 is 0 Å². The highest BCUT2D eigenvalue weighted by Gasteiger charge is 2.43. The summed E-state index contributed by atoms with van der Waals surface area (Å²) in [6.07, 6.45) is 0. The fourth-order valence-corrected chi connectivity index (χ4v) is 2.69. The fourth-order valence-electron chi connectivity index (χ4n) is 2.69. The first-order valence-corrected chi connectivity index (χ1v) is 6.00. The predicted molar refractivity (Wildman–Crippen MR) is 67.8 cm³/mol. The molecular weight excluding hydrogens is 212 g/mol. The summed E-state index contributed by atoms with van der Waals surface area (Å²) < 4.78 is 0. The van der Waals surface area contributed by atoms with Gasteiger partial charge in [-0.1, -0.05) is 38.1 Å².